The van der Waals surface area contributed by atoms with Gasteiger partial charge in [-0.25, -0.2) is 0 Å². The Kier molecular flexibility index (Phi) is 9.85. The largest absolute Gasteiger partial charge is 0.544 e. The molecule has 4 aliphatic rings. The Labute approximate surface area is 321 Å². The van der Waals surface area contributed by atoms with E-state index in [4.69, 9.17) is 29.4 Å². The highest BCUT2D eigenvalue weighted by atomic mass is 16.5. The standard InChI is InChI=1S/C43H49N3O9/c1-24(42(47)48)45(3)16-14-28-21-35(52-6)37-23-31(28)32(45)18-26-8-11-30(12-9-26)54-36-20-27(10-13-34(36)51-5)19-33-39-29(15-17-46(33,4)25(2)43(49)50)22-38(53-7)40(44)41(39)55-37/h8-13,20-25,32-33H,14-19,44H2,1-7H3. The van der Waals surface area contributed by atoms with E-state index in [0.717, 1.165) is 33.4 Å². The number of nitrogens with two attached hydrogens (primary N) is 1. The number of anilines is 1. The zero-order chi connectivity index (χ0) is 39.4. The second kappa shape index (κ2) is 14.3. The Morgan fingerprint density at radius 1 is 0.709 bits per heavy atom. The number of ether oxygens (including phenoxy) is 5. The van der Waals surface area contributed by atoms with Gasteiger partial charge in [0.05, 0.1) is 66.0 Å². The Morgan fingerprint density at radius 3 is 1.87 bits per heavy atom. The molecule has 0 spiro atoms. The molecule has 0 fully saturated rings. The molecular formula is C43H49N3O9. The second-order valence-corrected chi connectivity index (χ2v) is 15.5. The molecule has 0 aromatic heterocycles. The monoisotopic (exact) mass is 751 g/mol. The van der Waals surface area contributed by atoms with Crippen molar-refractivity contribution >= 4 is 17.6 Å². The lowest BCUT2D eigenvalue weighted by molar-refractivity contribution is -0.956. The number of fused-ring (bicyclic) bond motifs is 2. The number of aliphatic carboxylic acids is 2. The van der Waals surface area contributed by atoms with Crippen molar-refractivity contribution in [1.82, 2.24) is 0 Å². The number of rotatable bonds is 7. The van der Waals surface area contributed by atoms with Crippen LogP contribution in [0.2, 0.25) is 0 Å². The summed E-state index contributed by atoms with van der Waals surface area (Å²) in [5.41, 5.74) is 12.7. The molecule has 0 saturated carbocycles. The van der Waals surface area contributed by atoms with E-state index in [-0.39, 0.29) is 20.7 Å². The summed E-state index contributed by atoms with van der Waals surface area (Å²) in [7, 11) is 8.63. The number of nitrogen functional groups attached to an aromatic ring is 1. The molecule has 6 atom stereocenters. The third-order valence-electron chi connectivity index (χ3n) is 12.8. The molecule has 6 unspecified atom stereocenters. The maximum Gasteiger partial charge on any atom is 0.169 e. The van der Waals surface area contributed by atoms with Crippen molar-refractivity contribution in [3.63, 3.8) is 0 Å². The molecule has 4 aromatic carbocycles. The van der Waals surface area contributed by atoms with Gasteiger partial charge in [0.25, 0.3) is 0 Å². The third-order valence-corrected chi connectivity index (χ3v) is 12.8. The van der Waals surface area contributed by atoms with Crippen LogP contribution in [-0.4, -0.2) is 81.5 Å². The highest BCUT2D eigenvalue weighted by Crippen LogP contribution is 2.52. The van der Waals surface area contributed by atoms with Gasteiger partial charge in [0.1, 0.15) is 41.4 Å². The minimum absolute atomic E-state index is 0.113. The lowest BCUT2D eigenvalue weighted by Gasteiger charge is -2.50. The molecule has 0 aliphatic carbocycles. The number of quaternary nitrogens is 2. The van der Waals surface area contributed by atoms with Crippen LogP contribution >= 0.6 is 0 Å². The van der Waals surface area contributed by atoms with Crippen LogP contribution in [-0.2, 0) is 35.3 Å². The number of carboxylic acids is 2. The number of carboxylic acid groups (broad SMARTS) is 2. The number of benzene rings is 4. The zero-order valence-electron chi connectivity index (χ0n) is 32.5. The third kappa shape index (κ3) is 6.46. The van der Waals surface area contributed by atoms with E-state index in [9.17, 15) is 19.8 Å². The van der Waals surface area contributed by atoms with Gasteiger partial charge in [-0.2, -0.15) is 0 Å². The van der Waals surface area contributed by atoms with Crippen molar-refractivity contribution in [2.75, 3.05) is 54.2 Å². The molecule has 0 amide bonds. The number of carbonyl (C=O) groups is 2. The lowest BCUT2D eigenvalue weighted by Crippen LogP contribution is -2.62. The molecule has 12 nitrogen and oxygen atoms in total. The Morgan fingerprint density at radius 2 is 1.25 bits per heavy atom. The molecule has 0 radical (unpaired) electrons. The van der Waals surface area contributed by atoms with Gasteiger partial charge in [-0.1, -0.05) is 18.2 Å². The molecule has 12 heteroatoms. The van der Waals surface area contributed by atoms with E-state index in [2.05, 4.69) is 0 Å². The average Bonchev–Trinajstić information content (AvgIpc) is 3.17. The first-order chi connectivity index (χ1) is 26.2. The minimum Gasteiger partial charge on any atom is -0.544 e. The van der Waals surface area contributed by atoms with Gasteiger partial charge in [-0.3, -0.25) is 0 Å². The van der Waals surface area contributed by atoms with Gasteiger partial charge in [0.2, 0.25) is 0 Å². The predicted octanol–water partition coefficient (Wildman–Crippen LogP) is 4.04. The molecule has 2 N–H and O–H groups in total. The first-order valence-electron chi connectivity index (χ1n) is 18.7. The van der Waals surface area contributed by atoms with Gasteiger partial charge >= 0.3 is 0 Å². The molecule has 0 saturated heterocycles. The minimum atomic E-state index is -1.16. The van der Waals surface area contributed by atoms with E-state index >= 15 is 0 Å². The number of nitrogens with zero attached hydrogens (tertiary/aromatic N) is 2. The quantitative estimate of drug-likeness (QED) is 0.216. The fourth-order valence-electron chi connectivity index (χ4n) is 8.94. The molecule has 4 heterocycles. The fraction of sp³-hybridized carbons (Fsp3) is 0.395. The summed E-state index contributed by atoms with van der Waals surface area (Å²) in [5, 5.41) is 25.2. The predicted molar refractivity (Wildman–Crippen MR) is 201 cm³/mol. The Balaban J connectivity index is 1.52. The number of methoxy groups -OCH3 is 3. The molecular weight excluding hydrogens is 702 g/mol. The number of likely N-dealkylation sites (N-methyl/N-ethyl adjacent to an activating group) is 2. The highest BCUT2D eigenvalue weighted by molar-refractivity contribution is 5.72. The van der Waals surface area contributed by atoms with E-state index in [1.165, 1.54) is 0 Å². The van der Waals surface area contributed by atoms with Crippen LogP contribution in [0.4, 0.5) is 5.69 Å². The molecule has 8 rings (SSSR count). The van der Waals surface area contributed by atoms with E-state index < -0.39 is 30.1 Å². The molecule has 55 heavy (non-hydrogen) atoms. The summed E-state index contributed by atoms with van der Waals surface area (Å²) in [6, 6.07) is 16.9. The maximum absolute atomic E-state index is 12.7. The SMILES string of the molecule is COc1ccc2cc1Oc1ccc(cc1)CC1c3cc(c(OC)cc3CC[N+]1(C)C(C)C(=O)[O-])Oc1c(N)c(OC)cc3c1C(C2)[N+](C)(C(C)C(=O)[O-])CC3. The van der Waals surface area contributed by atoms with Crippen LogP contribution in [0.1, 0.15) is 59.3 Å². The van der Waals surface area contributed by atoms with Crippen molar-refractivity contribution in [3.05, 3.63) is 94.0 Å². The van der Waals surface area contributed by atoms with Crippen LogP contribution in [0.25, 0.3) is 0 Å². The summed E-state index contributed by atoms with van der Waals surface area (Å²) in [4.78, 5) is 25.2. The summed E-state index contributed by atoms with van der Waals surface area (Å²) < 4.78 is 31.3. The van der Waals surface area contributed by atoms with Crippen molar-refractivity contribution in [2.45, 2.75) is 63.7 Å². The highest BCUT2D eigenvalue weighted by Gasteiger charge is 2.47. The summed E-state index contributed by atoms with van der Waals surface area (Å²) in [6.07, 6.45) is 2.04. The first kappa shape index (κ1) is 37.8. The average molecular weight is 752 g/mol. The van der Waals surface area contributed by atoms with E-state index in [1.54, 1.807) is 35.2 Å². The normalized spacial score (nSPS) is 23.8. The van der Waals surface area contributed by atoms with Gasteiger partial charge in [-0.15, -0.1) is 0 Å². The topological polar surface area (TPSA) is 152 Å². The zero-order valence-corrected chi connectivity index (χ0v) is 32.5. The Bertz CT molecular complexity index is 2150. The summed E-state index contributed by atoms with van der Waals surface area (Å²) in [6.45, 7) is 4.46. The van der Waals surface area contributed by atoms with Crippen molar-refractivity contribution in [3.8, 4) is 40.2 Å². The Hall–Kier alpha value is -5.46. The summed E-state index contributed by atoms with van der Waals surface area (Å²) >= 11 is 0. The van der Waals surface area contributed by atoms with Crippen molar-refractivity contribution < 1.29 is 52.5 Å². The van der Waals surface area contributed by atoms with E-state index in [1.807, 2.05) is 74.8 Å². The van der Waals surface area contributed by atoms with E-state index in [0.29, 0.717) is 79.0 Å². The number of hydrogen-bond donors (Lipinski definition) is 1. The van der Waals surface area contributed by atoms with Crippen molar-refractivity contribution in [1.29, 1.82) is 0 Å². The first-order valence-corrected chi connectivity index (χ1v) is 18.7. The fourth-order valence-corrected chi connectivity index (χ4v) is 8.94. The van der Waals surface area contributed by atoms with Gasteiger partial charge in [0.15, 0.2) is 28.7 Å². The van der Waals surface area contributed by atoms with Crippen LogP contribution in [0, 0.1) is 0 Å². The van der Waals surface area contributed by atoms with Crippen molar-refractivity contribution in [2.24, 2.45) is 0 Å². The van der Waals surface area contributed by atoms with Crippen LogP contribution in [0.5, 0.6) is 40.2 Å². The molecule has 290 valence electrons. The second-order valence-electron chi connectivity index (χ2n) is 15.5. The smallest absolute Gasteiger partial charge is 0.169 e. The van der Waals surface area contributed by atoms with Crippen LogP contribution in [0.3, 0.4) is 0 Å². The molecule has 4 aromatic rings. The maximum atomic E-state index is 12.7. The number of hydrogen-bond acceptors (Lipinski definition) is 10. The summed E-state index contributed by atoms with van der Waals surface area (Å²) in [5.74, 6) is 1.02. The molecule has 6 bridgehead atoms. The van der Waals surface area contributed by atoms with Gasteiger partial charge < -0.3 is 58.2 Å². The van der Waals surface area contributed by atoms with Crippen LogP contribution < -0.4 is 39.6 Å². The number of carbonyl (C=O) groups excluding carboxylic acids is 2. The van der Waals surface area contributed by atoms with Crippen LogP contribution in [0.15, 0.2) is 60.7 Å². The van der Waals surface area contributed by atoms with Gasteiger partial charge in [-0.05, 0) is 78.6 Å². The lowest BCUT2D eigenvalue weighted by atomic mass is 9.83. The molecule has 4 aliphatic heterocycles. The van der Waals surface area contributed by atoms with Gasteiger partial charge in [0, 0.05) is 31.2 Å².